The Morgan fingerprint density at radius 1 is 1.40 bits per heavy atom. The largest absolute Gasteiger partial charge is 0.343 e. The molecule has 2 aromatic rings. The summed E-state index contributed by atoms with van der Waals surface area (Å²) in [4.78, 5) is 7.48. The Bertz CT molecular complexity index is 543. The highest BCUT2D eigenvalue weighted by Gasteiger charge is 1.99. The fourth-order valence-electron chi connectivity index (χ4n) is 1.76. The second-order valence-electron chi connectivity index (χ2n) is 3.76. The van der Waals surface area contributed by atoms with Gasteiger partial charge in [0, 0.05) is 10.9 Å². The van der Waals surface area contributed by atoms with Crippen LogP contribution in [0.4, 0.5) is 0 Å². The lowest BCUT2D eigenvalue weighted by atomic mass is 10.1. The second kappa shape index (κ2) is 4.11. The lowest BCUT2D eigenvalue weighted by molar-refractivity contribution is 0.923. The van der Waals surface area contributed by atoms with Crippen molar-refractivity contribution in [2.75, 3.05) is 0 Å². The zero-order valence-electron chi connectivity index (χ0n) is 9.00. The quantitative estimate of drug-likeness (QED) is 0.781. The van der Waals surface area contributed by atoms with Crippen molar-refractivity contribution in [3.8, 4) is 0 Å². The Kier molecular flexibility index (Phi) is 2.82. The van der Waals surface area contributed by atoms with E-state index in [1.807, 2.05) is 6.92 Å². The van der Waals surface area contributed by atoms with Gasteiger partial charge in [-0.15, -0.1) is 0 Å². The summed E-state index contributed by atoms with van der Waals surface area (Å²) in [5.41, 5.74) is 2.41. The SMILES string of the molecule is CCCc1ccc2[nH]c(C)nc(=S)c2c1. The van der Waals surface area contributed by atoms with E-state index >= 15 is 0 Å². The van der Waals surface area contributed by atoms with Gasteiger partial charge >= 0.3 is 0 Å². The number of H-pyrrole nitrogens is 1. The standard InChI is InChI=1S/C12H14N2S/c1-3-4-9-5-6-11-10(7-9)12(15)14-8(2)13-11/h5-7H,3-4H2,1-2H3,(H,13,14,15). The van der Waals surface area contributed by atoms with E-state index in [0.717, 1.165) is 29.6 Å². The number of nitrogens with one attached hydrogen (secondary N) is 1. The van der Waals surface area contributed by atoms with Crippen molar-refractivity contribution in [3.05, 3.63) is 34.2 Å². The molecule has 1 N–H and O–H groups in total. The molecule has 15 heavy (non-hydrogen) atoms. The van der Waals surface area contributed by atoms with Gasteiger partial charge in [-0.25, -0.2) is 4.98 Å². The van der Waals surface area contributed by atoms with Crippen LogP contribution < -0.4 is 0 Å². The Hall–Kier alpha value is -1.22. The van der Waals surface area contributed by atoms with Crippen molar-refractivity contribution in [3.63, 3.8) is 0 Å². The molecule has 1 aromatic carbocycles. The van der Waals surface area contributed by atoms with Crippen LogP contribution in [-0.4, -0.2) is 9.97 Å². The number of benzene rings is 1. The summed E-state index contributed by atoms with van der Waals surface area (Å²) in [5.74, 6) is 0.871. The van der Waals surface area contributed by atoms with Crippen LogP contribution in [-0.2, 0) is 6.42 Å². The van der Waals surface area contributed by atoms with Crippen LogP contribution >= 0.6 is 12.2 Å². The fraction of sp³-hybridized carbons (Fsp3) is 0.333. The van der Waals surface area contributed by atoms with Gasteiger partial charge in [-0.1, -0.05) is 31.6 Å². The van der Waals surface area contributed by atoms with Crippen LogP contribution in [0.2, 0.25) is 0 Å². The normalized spacial score (nSPS) is 10.8. The minimum Gasteiger partial charge on any atom is -0.343 e. The summed E-state index contributed by atoms with van der Waals surface area (Å²) < 4.78 is 0.694. The number of fused-ring (bicyclic) bond motifs is 1. The van der Waals surface area contributed by atoms with Gasteiger partial charge in [0.05, 0.1) is 0 Å². The summed E-state index contributed by atoms with van der Waals surface area (Å²) in [7, 11) is 0. The third kappa shape index (κ3) is 2.07. The summed E-state index contributed by atoms with van der Waals surface area (Å²) >= 11 is 5.25. The Labute approximate surface area is 94.4 Å². The van der Waals surface area contributed by atoms with Crippen LogP contribution in [0.15, 0.2) is 18.2 Å². The van der Waals surface area contributed by atoms with Gasteiger partial charge in [0.1, 0.15) is 10.5 Å². The average molecular weight is 218 g/mol. The van der Waals surface area contributed by atoms with E-state index in [1.165, 1.54) is 5.56 Å². The predicted molar refractivity (Wildman–Crippen MR) is 65.7 cm³/mol. The molecule has 0 aliphatic carbocycles. The van der Waals surface area contributed by atoms with Gasteiger partial charge in [-0.2, -0.15) is 0 Å². The van der Waals surface area contributed by atoms with Crippen LogP contribution in [0, 0.1) is 11.6 Å². The minimum atomic E-state index is 0.694. The van der Waals surface area contributed by atoms with Gasteiger partial charge in [0.15, 0.2) is 0 Å². The Balaban J connectivity index is 2.66. The first kappa shape index (κ1) is 10.3. The molecule has 0 fully saturated rings. The number of rotatable bonds is 2. The van der Waals surface area contributed by atoms with Gasteiger partial charge in [0.25, 0.3) is 0 Å². The number of aromatic amines is 1. The van der Waals surface area contributed by atoms with Crippen molar-refractivity contribution < 1.29 is 0 Å². The van der Waals surface area contributed by atoms with Crippen molar-refractivity contribution in [1.29, 1.82) is 0 Å². The maximum atomic E-state index is 5.25. The summed E-state index contributed by atoms with van der Waals surface area (Å²) in [5, 5.41) is 1.06. The molecule has 0 bridgehead atoms. The molecule has 2 nitrogen and oxygen atoms in total. The third-order valence-electron chi connectivity index (χ3n) is 2.44. The molecule has 78 valence electrons. The number of aromatic nitrogens is 2. The molecule has 0 amide bonds. The molecule has 0 aliphatic rings. The molecule has 1 aromatic heterocycles. The van der Waals surface area contributed by atoms with Gasteiger partial charge < -0.3 is 4.98 Å². The molecule has 0 unspecified atom stereocenters. The van der Waals surface area contributed by atoms with E-state index in [1.54, 1.807) is 0 Å². The number of nitrogens with zero attached hydrogens (tertiary/aromatic N) is 1. The molecular formula is C12H14N2S. The van der Waals surface area contributed by atoms with E-state index in [2.05, 4.69) is 35.1 Å². The zero-order valence-corrected chi connectivity index (χ0v) is 9.82. The maximum Gasteiger partial charge on any atom is 0.137 e. The Morgan fingerprint density at radius 3 is 2.93 bits per heavy atom. The van der Waals surface area contributed by atoms with Crippen molar-refractivity contribution in [1.82, 2.24) is 9.97 Å². The molecule has 0 radical (unpaired) electrons. The topological polar surface area (TPSA) is 28.7 Å². The van der Waals surface area contributed by atoms with E-state index in [4.69, 9.17) is 12.2 Å². The number of aryl methyl sites for hydroxylation is 2. The molecular weight excluding hydrogens is 204 g/mol. The molecule has 2 rings (SSSR count). The van der Waals surface area contributed by atoms with Gasteiger partial charge in [-0.05, 0) is 31.0 Å². The molecule has 0 saturated heterocycles. The second-order valence-corrected chi connectivity index (χ2v) is 4.14. The molecule has 3 heteroatoms. The van der Waals surface area contributed by atoms with E-state index in [9.17, 15) is 0 Å². The van der Waals surface area contributed by atoms with Gasteiger partial charge in [-0.3, -0.25) is 0 Å². The van der Waals surface area contributed by atoms with Crippen LogP contribution in [0.3, 0.4) is 0 Å². The van der Waals surface area contributed by atoms with E-state index in [0.29, 0.717) is 4.64 Å². The first-order valence-electron chi connectivity index (χ1n) is 5.20. The van der Waals surface area contributed by atoms with Gasteiger partial charge in [0.2, 0.25) is 0 Å². The van der Waals surface area contributed by atoms with E-state index in [-0.39, 0.29) is 0 Å². The predicted octanol–water partition coefficient (Wildman–Crippen LogP) is 3.55. The summed E-state index contributed by atoms with van der Waals surface area (Å²) in [6.45, 7) is 4.10. The van der Waals surface area contributed by atoms with Crippen molar-refractivity contribution >= 4 is 23.1 Å². The summed E-state index contributed by atoms with van der Waals surface area (Å²) in [6.07, 6.45) is 2.25. The average Bonchev–Trinajstić information content (AvgIpc) is 2.19. The van der Waals surface area contributed by atoms with Crippen LogP contribution in [0.5, 0.6) is 0 Å². The van der Waals surface area contributed by atoms with Crippen LogP contribution in [0.25, 0.3) is 10.9 Å². The first-order chi connectivity index (χ1) is 7.20. The molecule has 0 spiro atoms. The molecule has 0 aliphatic heterocycles. The Morgan fingerprint density at radius 2 is 2.20 bits per heavy atom. The molecule has 0 atom stereocenters. The molecule has 0 saturated carbocycles. The van der Waals surface area contributed by atoms with Crippen molar-refractivity contribution in [2.24, 2.45) is 0 Å². The van der Waals surface area contributed by atoms with E-state index < -0.39 is 0 Å². The smallest absolute Gasteiger partial charge is 0.137 e. The fourth-order valence-corrected chi connectivity index (χ4v) is 2.06. The number of hydrogen-bond acceptors (Lipinski definition) is 2. The van der Waals surface area contributed by atoms with Crippen molar-refractivity contribution in [2.45, 2.75) is 26.7 Å². The molecule has 1 heterocycles. The minimum absolute atomic E-state index is 0.694. The number of hydrogen-bond donors (Lipinski definition) is 1. The third-order valence-corrected chi connectivity index (χ3v) is 2.75. The summed E-state index contributed by atoms with van der Waals surface area (Å²) in [6, 6.07) is 6.38. The first-order valence-corrected chi connectivity index (χ1v) is 5.61. The lowest BCUT2D eigenvalue weighted by Crippen LogP contribution is -1.91. The monoisotopic (exact) mass is 218 g/mol. The highest BCUT2D eigenvalue weighted by Crippen LogP contribution is 2.16. The lowest BCUT2D eigenvalue weighted by Gasteiger charge is -2.03. The maximum absolute atomic E-state index is 5.25. The zero-order chi connectivity index (χ0) is 10.8. The van der Waals surface area contributed by atoms with Crippen LogP contribution in [0.1, 0.15) is 24.7 Å². The highest BCUT2D eigenvalue weighted by atomic mass is 32.1. The highest BCUT2D eigenvalue weighted by molar-refractivity contribution is 7.71.